The Kier molecular flexibility index (Phi) is 4.67. The zero-order valence-electron chi connectivity index (χ0n) is 10.7. The number of carbonyl (C=O) groups excluding carboxylic acids is 1. The molecule has 1 atom stereocenters. The molecule has 0 amide bonds. The van der Waals surface area contributed by atoms with Gasteiger partial charge in [0.05, 0.1) is 12.0 Å². The van der Waals surface area contributed by atoms with Gasteiger partial charge in [0.2, 0.25) is 0 Å². The molecule has 0 spiro atoms. The second-order valence-corrected chi connectivity index (χ2v) is 4.32. The first kappa shape index (κ1) is 14.4. The number of benzene rings is 1. The summed E-state index contributed by atoms with van der Waals surface area (Å²) in [7, 11) is 0. The van der Waals surface area contributed by atoms with E-state index >= 15 is 0 Å². The molecule has 18 heavy (non-hydrogen) atoms. The third-order valence-corrected chi connectivity index (χ3v) is 2.98. The van der Waals surface area contributed by atoms with E-state index in [1.165, 1.54) is 18.2 Å². The van der Waals surface area contributed by atoms with Crippen LogP contribution in [0.2, 0.25) is 0 Å². The molecule has 0 fully saturated rings. The third kappa shape index (κ3) is 2.79. The van der Waals surface area contributed by atoms with Crippen LogP contribution in [0, 0.1) is 5.82 Å². The minimum atomic E-state index is -1.02. The first-order valence-corrected chi connectivity index (χ1v) is 5.88. The number of rotatable bonds is 5. The van der Waals surface area contributed by atoms with E-state index in [4.69, 9.17) is 16.2 Å². The highest BCUT2D eigenvalue weighted by Crippen LogP contribution is 2.33. The van der Waals surface area contributed by atoms with Crippen LogP contribution in [0.3, 0.4) is 0 Å². The van der Waals surface area contributed by atoms with Crippen molar-refractivity contribution in [3.8, 4) is 0 Å². The molecule has 0 aliphatic carbocycles. The molecule has 4 nitrogen and oxygen atoms in total. The zero-order chi connectivity index (χ0) is 13.8. The number of esters is 1. The van der Waals surface area contributed by atoms with E-state index in [2.05, 4.69) is 0 Å². The molecule has 0 radical (unpaired) electrons. The minimum Gasteiger partial charge on any atom is -0.465 e. The van der Waals surface area contributed by atoms with Gasteiger partial charge in [0, 0.05) is 5.69 Å². The smallest absolute Gasteiger partial charge is 0.316 e. The van der Waals surface area contributed by atoms with Crippen molar-refractivity contribution in [3.63, 3.8) is 0 Å². The van der Waals surface area contributed by atoms with Gasteiger partial charge in [-0.25, -0.2) is 4.39 Å². The summed E-state index contributed by atoms with van der Waals surface area (Å²) in [5, 5.41) is 0. The van der Waals surface area contributed by atoms with Crippen molar-refractivity contribution in [1.29, 1.82) is 0 Å². The lowest BCUT2D eigenvalue weighted by atomic mass is 9.78. The summed E-state index contributed by atoms with van der Waals surface area (Å²) < 4.78 is 18.4. The molecular formula is C13H19FN2O2. The van der Waals surface area contributed by atoms with Gasteiger partial charge < -0.3 is 16.2 Å². The zero-order valence-corrected chi connectivity index (χ0v) is 10.7. The summed E-state index contributed by atoms with van der Waals surface area (Å²) in [6.45, 7) is 3.93. The number of nitrogens with two attached hydrogens (primary N) is 2. The van der Waals surface area contributed by atoms with Crippen molar-refractivity contribution in [2.24, 2.45) is 5.73 Å². The van der Waals surface area contributed by atoms with E-state index < -0.39 is 17.2 Å². The van der Waals surface area contributed by atoms with Crippen molar-refractivity contribution in [2.75, 3.05) is 18.9 Å². The summed E-state index contributed by atoms with van der Waals surface area (Å²) in [5.74, 6) is -0.875. The number of hydrogen-bond acceptors (Lipinski definition) is 4. The summed E-state index contributed by atoms with van der Waals surface area (Å²) in [6.07, 6.45) is 0.347. The molecule has 0 aliphatic heterocycles. The Morgan fingerprint density at radius 2 is 2.17 bits per heavy atom. The SMILES string of the molecule is CCOC(=O)C(C)(CCN)c1cc(F)ccc1N. The molecule has 0 aromatic heterocycles. The molecular weight excluding hydrogens is 235 g/mol. The van der Waals surface area contributed by atoms with Crippen molar-refractivity contribution in [1.82, 2.24) is 0 Å². The molecule has 1 aromatic rings. The van der Waals surface area contributed by atoms with Gasteiger partial charge in [-0.05, 0) is 50.6 Å². The monoisotopic (exact) mass is 254 g/mol. The quantitative estimate of drug-likeness (QED) is 0.617. The van der Waals surface area contributed by atoms with Crippen LogP contribution < -0.4 is 11.5 Å². The van der Waals surface area contributed by atoms with Crippen molar-refractivity contribution in [3.05, 3.63) is 29.6 Å². The van der Waals surface area contributed by atoms with Crippen LogP contribution >= 0.6 is 0 Å². The number of anilines is 1. The fourth-order valence-electron chi connectivity index (χ4n) is 1.93. The number of nitrogen functional groups attached to an aromatic ring is 1. The third-order valence-electron chi connectivity index (χ3n) is 2.98. The van der Waals surface area contributed by atoms with Gasteiger partial charge in [-0.2, -0.15) is 0 Å². The van der Waals surface area contributed by atoms with E-state index in [0.717, 1.165) is 0 Å². The van der Waals surface area contributed by atoms with Gasteiger partial charge in [-0.1, -0.05) is 0 Å². The molecule has 1 aromatic carbocycles. The maximum Gasteiger partial charge on any atom is 0.316 e. The van der Waals surface area contributed by atoms with Gasteiger partial charge in [0.15, 0.2) is 0 Å². The van der Waals surface area contributed by atoms with Crippen molar-refractivity contribution in [2.45, 2.75) is 25.7 Å². The van der Waals surface area contributed by atoms with Gasteiger partial charge in [-0.15, -0.1) is 0 Å². The first-order valence-electron chi connectivity index (χ1n) is 5.88. The van der Waals surface area contributed by atoms with Gasteiger partial charge >= 0.3 is 5.97 Å². The lowest BCUT2D eigenvalue weighted by Crippen LogP contribution is -2.37. The van der Waals surface area contributed by atoms with Gasteiger partial charge in [0.25, 0.3) is 0 Å². The second kappa shape index (κ2) is 5.82. The Morgan fingerprint density at radius 3 is 2.72 bits per heavy atom. The molecule has 1 rings (SSSR count). The fourth-order valence-corrected chi connectivity index (χ4v) is 1.93. The largest absolute Gasteiger partial charge is 0.465 e. The van der Waals surface area contributed by atoms with Crippen LogP contribution in [0.15, 0.2) is 18.2 Å². The number of carbonyl (C=O) groups is 1. The van der Waals surface area contributed by atoms with Gasteiger partial charge in [0.1, 0.15) is 5.82 Å². The molecule has 0 bridgehead atoms. The molecule has 0 aliphatic rings. The Hall–Kier alpha value is -1.62. The average molecular weight is 254 g/mol. The summed E-state index contributed by atoms with van der Waals surface area (Å²) in [4.78, 5) is 12.1. The molecule has 0 saturated carbocycles. The van der Waals surface area contributed by atoms with Crippen LogP contribution in [-0.2, 0) is 14.9 Å². The van der Waals surface area contributed by atoms with Crippen LogP contribution in [0.1, 0.15) is 25.8 Å². The summed E-state index contributed by atoms with van der Waals surface area (Å²) in [6, 6.07) is 3.97. The highest BCUT2D eigenvalue weighted by Gasteiger charge is 2.37. The lowest BCUT2D eigenvalue weighted by Gasteiger charge is -2.28. The number of ether oxygens (including phenoxy) is 1. The highest BCUT2D eigenvalue weighted by atomic mass is 19.1. The van der Waals surface area contributed by atoms with E-state index in [-0.39, 0.29) is 13.2 Å². The summed E-state index contributed by atoms with van der Waals surface area (Å²) >= 11 is 0. The number of hydrogen-bond donors (Lipinski definition) is 2. The van der Waals surface area contributed by atoms with E-state index in [0.29, 0.717) is 17.7 Å². The first-order chi connectivity index (χ1) is 8.45. The van der Waals surface area contributed by atoms with Crippen LogP contribution in [0.4, 0.5) is 10.1 Å². The lowest BCUT2D eigenvalue weighted by molar-refractivity contribution is -0.149. The van der Waals surface area contributed by atoms with Crippen molar-refractivity contribution < 1.29 is 13.9 Å². The molecule has 100 valence electrons. The Morgan fingerprint density at radius 1 is 1.50 bits per heavy atom. The molecule has 5 heteroatoms. The van der Waals surface area contributed by atoms with E-state index in [1.807, 2.05) is 0 Å². The molecule has 0 saturated heterocycles. The minimum absolute atomic E-state index is 0.258. The fraction of sp³-hybridized carbons (Fsp3) is 0.462. The maximum atomic E-state index is 13.3. The topological polar surface area (TPSA) is 78.3 Å². The summed E-state index contributed by atoms with van der Waals surface area (Å²) in [5.41, 5.74) is 11.1. The predicted octanol–water partition coefficient (Wildman–Crippen LogP) is 1.58. The van der Waals surface area contributed by atoms with Crippen molar-refractivity contribution >= 4 is 11.7 Å². The normalized spacial score (nSPS) is 14.0. The molecule has 1 unspecified atom stereocenters. The molecule has 0 heterocycles. The maximum absolute atomic E-state index is 13.3. The highest BCUT2D eigenvalue weighted by molar-refractivity contribution is 5.84. The van der Waals surface area contributed by atoms with E-state index in [9.17, 15) is 9.18 Å². The number of halogens is 1. The second-order valence-electron chi connectivity index (χ2n) is 4.32. The average Bonchev–Trinajstić information content (AvgIpc) is 2.32. The predicted molar refractivity (Wildman–Crippen MR) is 68.5 cm³/mol. The van der Waals surface area contributed by atoms with Crippen LogP contribution in [0.5, 0.6) is 0 Å². The van der Waals surface area contributed by atoms with E-state index in [1.54, 1.807) is 13.8 Å². The standard InChI is InChI=1S/C13H19FN2O2/c1-3-18-12(17)13(2,6-7-15)10-8-9(14)4-5-11(10)16/h4-5,8H,3,6-7,15-16H2,1-2H3. The Labute approximate surface area is 106 Å². The van der Waals surface area contributed by atoms with Crippen LogP contribution in [-0.4, -0.2) is 19.1 Å². The molecule has 4 N–H and O–H groups in total. The van der Waals surface area contributed by atoms with Crippen LogP contribution in [0.25, 0.3) is 0 Å². The van der Waals surface area contributed by atoms with Gasteiger partial charge in [-0.3, -0.25) is 4.79 Å². The Balaban J connectivity index is 3.25. The Bertz CT molecular complexity index is 437.